The van der Waals surface area contributed by atoms with E-state index >= 15 is 0 Å². The van der Waals surface area contributed by atoms with Crippen LogP contribution in [0.3, 0.4) is 0 Å². The third-order valence-corrected chi connectivity index (χ3v) is 2.83. The Morgan fingerprint density at radius 1 is 1.07 bits per heavy atom. The maximum absolute atomic E-state index is 5.64. The summed E-state index contributed by atoms with van der Waals surface area (Å²) in [4.78, 5) is 4.59. The van der Waals surface area contributed by atoms with Crippen molar-refractivity contribution in [2.45, 2.75) is 27.3 Å². The highest BCUT2D eigenvalue weighted by molar-refractivity contribution is 5.88. The van der Waals surface area contributed by atoms with Crippen molar-refractivity contribution in [2.75, 3.05) is 0 Å². The molecule has 2 N–H and O–H groups in total. The predicted octanol–water partition coefficient (Wildman–Crippen LogP) is 2.62. The van der Waals surface area contributed by atoms with E-state index in [0.29, 0.717) is 6.54 Å². The molecule has 2 aromatic rings. The number of hydrogen-bond acceptors (Lipinski definition) is 2. The molecule has 2 nitrogen and oxygen atoms in total. The molecule has 0 saturated heterocycles. The zero-order valence-corrected chi connectivity index (χ0v) is 9.46. The number of fused-ring (bicyclic) bond motifs is 1. The van der Waals surface area contributed by atoms with Crippen LogP contribution in [0.5, 0.6) is 0 Å². The maximum Gasteiger partial charge on any atom is 0.0740 e. The Morgan fingerprint density at radius 2 is 1.73 bits per heavy atom. The second kappa shape index (κ2) is 3.63. The van der Waals surface area contributed by atoms with E-state index < -0.39 is 0 Å². The molecule has 0 aliphatic carbocycles. The van der Waals surface area contributed by atoms with Gasteiger partial charge in [-0.15, -0.1) is 0 Å². The summed E-state index contributed by atoms with van der Waals surface area (Å²) in [5.41, 5.74) is 11.5. The lowest BCUT2D eigenvalue weighted by Crippen LogP contribution is -2.02. The van der Waals surface area contributed by atoms with Crippen LogP contribution in [0.25, 0.3) is 10.9 Å². The fourth-order valence-corrected chi connectivity index (χ4v) is 2.04. The lowest BCUT2D eigenvalue weighted by atomic mass is 10.0. The van der Waals surface area contributed by atoms with E-state index in [1.165, 1.54) is 22.1 Å². The summed E-state index contributed by atoms with van der Waals surface area (Å²) in [6.45, 7) is 6.84. The molecule has 15 heavy (non-hydrogen) atoms. The quantitative estimate of drug-likeness (QED) is 0.768. The van der Waals surface area contributed by atoms with Gasteiger partial charge in [-0.1, -0.05) is 12.1 Å². The molecule has 0 aliphatic heterocycles. The molecule has 0 atom stereocenters. The van der Waals surface area contributed by atoms with Gasteiger partial charge in [0.15, 0.2) is 0 Å². The van der Waals surface area contributed by atoms with Gasteiger partial charge in [0.2, 0.25) is 0 Å². The first-order valence-electron chi connectivity index (χ1n) is 5.20. The molecule has 0 amide bonds. The molecule has 0 unspecified atom stereocenters. The zero-order chi connectivity index (χ0) is 11.0. The second-order valence-corrected chi connectivity index (χ2v) is 4.06. The van der Waals surface area contributed by atoms with Gasteiger partial charge in [-0.3, -0.25) is 4.98 Å². The molecule has 0 bridgehead atoms. The molecule has 0 aliphatic rings. The van der Waals surface area contributed by atoms with Crippen LogP contribution in [0.1, 0.15) is 22.4 Å². The van der Waals surface area contributed by atoms with Crippen LogP contribution < -0.4 is 5.73 Å². The molecule has 1 heterocycles. The van der Waals surface area contributed by atoms with E-state index in [-0.39, 0.29) is 0 Å². The van der Waals surface area contributed by atoms with Crippen molar-refractivity contribution in [1.29, 1.82) is 0 Å². The van der Waals surface area contributed by atoms with Gasteiger partial charge in [-0.2, -0.15) is 0 Å². The molecule has 0 spiro atoms. The largest absolute Gasteiger partial charge is 0.325 e. The number of nitrogens with two attached hydrogens (primary N) is 1. The van der Waals surface area contributed by atoms with Crippen molar-refractivity contribution < 1.29 is 0 Å². The highest BCUT2D eigenvalue weighted by Crippen LogP contribution is 2.24. The van der Waals surface area contributed by atoms with Gasteiger partial charge in [0.25, 0.3) is 0 Å². The normalized spacial score (nSPS) is 10.9. The van der Waals surface area contributed by atoms with Crippen molar-refractivity contribution in [1.82, 2.24) is 4.98 Å². The van der Waals surface area contributed by atoms with E-state index in [1.807, 2.05) is 0 Å². The Hall–Kier alpha value is -1.41. The summed E-state index contributed by atoms with van der Waals surface area (Å²) in [6, 6.07) is 6.34. The molecule has 2 heteroatoms. The van der Waals surface area contributed by atoms with Gasteiger partial charge >= 0.3 is 0 Å². The fourth-order valence-electron chi connectivity index (χ4n) is 2.04. The predicted molar refractivity (Wildman–Crippen MR) is 63.8 cm³/mol. The monoisotopic (exact) mass is 200 g/mol. The smallest absolute Gasteiger partial charge is 0.0740 e. The first kappa shape index (κ1) is 10.1. The molecule has 1 aromatic heterocycles. The number of benzene rings is 1. The third-order valence-electron chi connectivity index (χ3n) is 2.83. The van der Waals surface area contributed by atoms with Gasteiger partial charge in [-0.25, -0.2) is 0 Å². The molecule has 0 fully saturated rings. The van der Waals surface area contributed by atoms with Gasteiger partial charge in [-0.05, 0) is 43.5 Å². The van der Waals surface area contributed by atoms with Gasteiger partial charge in [0, 0.05) is 11.9 Å². The Kier molecular flexibility index (Phi) is 2.45. The van der Waals surface area contributed by atoms with Gasteiger partial charge < -0.3 is 5.73 Å². The average molecular weight is 200 g/mol. The average Bonchev–Trinajstić information content (AvgIpc) is 2.23. The highest BCUT2D eigenvalue weighted by Gasteiger charge is 2.06. The molecule has 0 saturated carbocycles. The number of aryl methyl sites for hydroxylation is 3. The zero-order valence-electron chi connectivity index (χ0n) is 9.46. The minimum Gasteiger partial charge on any atom is -0.325 e. The van der Waals surface area contributed by atoms with E-state index in [1.54, 1.807) is 0 Å². The van der Waals surface area contributed by atoms with Crippen LogP contribution >= 0.6 is 0 Å². The molecule has 0 radical (unpaired) electrons. The van der Waals surface area contributed by atoms with Crippen LogP contribution in [0.15, 0.2) is 18.2 Å². The molecular formula is C13H16N2. The van der Waals surface area contributed by atoms with E-state index in [9.17, 15) is 0 Å². The molecule has 2 rings (SSSR count). The lowest BCUT2D eigenvalue weighted by Gasteiger charge is -2.09. The van der Waals surface area contributed by atoms with Crippen molar-refractivity contribution in [3.8, 4) is 0 Å². The van der Waals surface area contributed by atoms with E-state index in [2.05, 4.69) is 44.0 Å². The maximum atomic E-state index is 5.64. The van der Waals surface area contributed by atoms with Gasteiger partial charge in [0.05, 0.1) is 11.2 Å². The number of aromatic nitrogens is 1. The van der Waals surface area contributed by atoms with Gasteiger partial charge in [0.1, 0.15) is 0 Å². The summed E-state index contributed by atoms with van der Waals surface area (Å²) in [5, 5.41) is 1.27. The Labute approximate surface area is 90.1 Å². The van der Waals surface area contributed by atoms with E-state index in [4.69, 9.17) is 5.73 Å². The SMILES string of the molecule is Cc1ccc(C)c2c(C)cc(CN)nc12. The summed E-state index contributed by atoms with van der Waals surface area (Å²) in [6.07, 6.45) is 0. The van der Waals surface area contributed by atoms with Crippen LogP contribution in [0, 0.1) is 20.8 Å². The van der Waals surface area contributed by atoms with Crippen LogP contribution in [0.2, 0.25) is 0 Å². The number of pyridine rings is 1. The Morgan fingerprint density at radius 3 is 2.40 bits per heavy atom. The number of nitrogens with zero attached hydrogens (tertiary/aromatic N) is 1. The summed E-state index contributed by atoms with van der Waals surface area (Å²) in [5.74, 6) is 0. The first-order valence-corrected chi connectivity index (χ1v) is 5.20. The van der Waals surface area contributed by atoms with Crippen molar-refractivity contribution >= 4 is 10.9 Å². The fraction of sp³-hybridized carbons (Fsp3) is 0.308. The topological polar surface area (TPSA) is 38.9 Å². The Balaban J connectivity index is 2.90. The Bertz CT molecular complexity index is 515. The molecule has 78 valence electrons. The van der Waals surface area contributed by atoms with Crippen LogP contribution in [-0.4, -0.2) is 4.98 Å². The lowest BCUT2D eigenvalue weighted by molar-refractivity contribution is 1.000. The number of rotatable bonds is 1. The van der Waals surface area contributed by atoms with Crippen LogP contribution in [0.4, 0.5) is 0 Å². The standard InChI is InChI=1S/C13H16N2/c1-8-4-5-9(2)13-12(8)10(3)6-11(7-14)15-13/h4-6H,7,14H2,1-3H3. The minimum absolute atomic E-state index is 0.504. The minimum atomic E-state index is 0.504. The van der Waals surface area contributed by atoms with Crippen LogP contribution in [-0.2, 0) is 6.54 Å². The molecular weight excluding hydrogens is 184 g/mol. The second-order valence-electron chi connectivity index (χ2n) is 4.06. The van der Waals surface area contributed by atoms with Crippen molar-refractivity contribution in [2.24, 2.45) is 5.73 Å². The third kappa shape index (κ3) is 1.61. The summed E-state index contributed by atoms with van der Waals surface area (Å²) in [7, 11) is 0. The highest BCUT2D eigenvalue weighted by atomic mass is 14.7. The van der Waals surface area contributed by atoms with Crippen molar-refractivity contribution in [3.05, 3.63) is 40.6 Å². The number of hydrogen-bond donors (Lipinski definition) is 1. The summed E-state index contributed by atoms with van der Waals surface area (Å²) >= 11 is 0. The summed E-state index contributed by atoms with van der Waals surface area (Å²) < 4.78 is 0. The first-order chi connectivity index (χ1) is 7.13. The molecule has 1 aromatic carbocycles. The van der Waals surface area contributed by atoms with E-state index in [0.717, 1.165) is 11.2 Å². The van der Waals surface area contributed by atoms with Crippen molar-refractivity contribution in [3.63, 3.8) is 0 Å².